The van der Waals surface area contributed by atoms with Gasteiger partial charge in [0.25, 0.3) is 0 Å². The molecule has 1 aromatic rings. The summed E-state index contributed by atoms with van der Waals surface area (Å²) in [6, 6.07) is 8.75. The van der Waals surface area contributed by atoms with Gasteiger partial charge in [0.2, 0.25) is 5.91 Å². The number of benzene rings is 1. The lowest BCUT2D eigenvalue weighted by Gasteiger charge is -2.37. The zero-order valence-corrected chi connectivity index (χ0v) is 15.8. The van der Waals surface area contributed by atoms with Gasteiger partial charge in [-0.2, -0.15) is 0 Å². The van der Waals surface area contributed by atoms with Crippen LogP contribution < -0.4 is 15.5 Å². The van der Waals surface area contributed by atoms with E-state index in [1.165, 1.54) is 11.3 Å². The maximum absolute atomic E-state index is 12.6. The van der Waals surface area contributed by atoms with Gasteiger partial charge >= 0.3 is 6.03 Å². The van der Waals surface area contributed by atoms with E-state index in [9.17, 15) is 9.59 Å². The largest absolute Gasteiger partial charge is 0.368 e. The van der Waals surface area contributed by atoms with E-state index in [4.69, 9.17) is 0 Å². The highest BCUT2D eigenvalue weighted by atomic mass is 16.2. The second kappa shape index (κ2) is 8.43. The average molecular weight is 358 g/mol. The molecule has 3 amide bonds. The lowest BCUT2D eigenvalue weighted by Crippen LogP contribution is -2.54. The van der Waals surface area contributed by atoms with Gasteiger partial charge in [-0.3, -0.25) is 4.79 Å². The van der Waals surface area contributed by atoms with Crippen molar-refractivity contribution in [2.75, 3.05) is 38.1 Å². The van der Waals surface area contributed by atoms with Gasteiger partial charge in [-0.1, -0.05) is 12.1 Å². The molecule has 2 aliphatic rings. The Bertz CT molecular complexity index is 632. The number of urea groups is 1. The van der Waals surface area contributed by atoms with Crippen molar-refractivity contribution >= 4 is 17.6 Å². The highest BCUT2D eigenvalue weighted by Crippen LogP contribution is 2.24. The molecule has 1 heterocycles. The van der Waals surface area contributed by atoms with Crippen LogP contribution in [0.5, 0.6) is 0 Å². The monoisotopic (exact) mass is 358 g/mol. The Labute approximate surface area is 155 Å². The number of aryl methyl sites for hydroxylation is 1. The molecule has 142 valence electrons. The molecule has 0 aromatic heterocycles. The third-order valence-electron chi connectivity index (χ3n) is 5.61. The van der Waals surface area contributed by atoms with E-state index < -0.39 is 0 Å². The molecule has 26 heavy (non-hydrogen) atoms. The summed E-state index contributed by atoms with van der Waals surface area (Å²) in [4.78, 5) is 28.5. The minimum atomic E-state index is 0.0392. The van der Waals surface area contributed by atoms with Crippen molar-refractivity contribution in [3.63, 3.8) is 0 Å². The Morgan fingerprint density at radius 3 is 2.35 bits per heavy atom. The molecule has 0 atom stereocenters. The van der Waals surface area contributed by atoms with Crippen molar-refractivity contribution in [3.05, 3.63) is 29.8 Å². The molecule has 2 fully saturated rings. The molecule has 0 bridgehead atoms. The average Bonchev–Trinajstić information content (AvgIpc) is 2.68. The van der Waals surface area contributed by atoms with Crippen molar-refractivity contribution in [2.45, 2.75) is 38.6 Å². The van der Waals surface area contributed by atoms with Crippen LogP contribution in [-0.2, 0) is 4.79 Å². The first-order valence-corrected chi connectivity index (χ1v) is 9.65. The fourth-order valence-corrected chi connectivity index (χ4v) is 3.96. The van der Waals surface area contributed by atoms with E-state index in [2.05, 4.69) is 46.7 Å². The number of hydrogen-bond donors (Lipinski definition) is 2. The van der Waals surface area contributed by atoms with Gasteiger partial charge in [-0.05, 0) is 50.3 Å². The van der Waals surface area contributed by atoms with E-state index in [0.717, 1.165) is 51.9 Å². The number of nitrogens with zero attached hydrogens (tertiary/aromatic N) is 2. The molecular weight excluding hydrogens is 328 g/mol. The van der Waals surface area contributed by atoms with Crippen LogP contribution in [0.25, 0.3) is 0 Å². The molecule has 1 aliphatic heterocycles. The second-order valence-electron chi connectivity index (χ2n) is 7.43. The van der Waals surface area contributed by atoms with Crippen LogP contribution in [-0.4, -0.2) is 56.1 Å². The minimum absolute atomic E-state index is 0.0392. The Hall–Kier alpha value is -2.24. The number of nitrogens with one attached hydrogen (secondary N) is 2. The maximum Gasteiger partial charge on any atom is 0.317 e. The normalized spacial score (nSPS) is 23.5. The number of carbonyl (C=O) groups excluding carboxylic acids is 2. The lowest BCUT2D eigenvalue weighted by atomic mass is 9.85. The van der Waals surface area contributed by atoms with E-state index in [1.54, 1.807) is 7.05 Å². The van der Waals surface area contributed by atoms with E-state index in [-0.39, 0.29) is 23.9 Å². The summed E-state index contributed by atoms with van der Waals surface area (Å²) < 4.78 is 0. The smallest absolute Gasteiger partial charge is 0.317 e. The number of anilines is 1. The molecule has 6 heteroatoms. The van der Waals surface area contributed by atoms with Crippen LogP contribution in [0.3, 0.4) is 0 Å². The first-order chi connectivity index (χ1) is 12.6. The molecule has 6 nitrogen and oxygen atoms in total. The summed E-state index contributed by atoms with van der Waals surface area (Å²) in [6.07, 6.45) is 3.47. The van der Waals surface area contributed by atoms with Gasteiger partial charge in [0.1, 0.15) is 0 Å². The predicted molar refractivity (Wildman–Crippen MR) is 103 cm³/mol. The molecule has 1 saturated heterocycles. The topological polar surface area (TPSA) is 64.7 Å². The van der Waals surface area contributed by atoms with Gasteiger partial charge < -0.3 is 20.4 Å². The first-order valence-electron chi connectivity index (χ1n) is 9.65. The SMILES string of the molecule is CNC(=O)C1CCC(NC(=O)N2CCN(c3cccc(C)c3)CC2)CC1. The number of rotatable bonds is 3. The summed E-state index contributed by atoms with van der Waals surface area (Å²) in [5.41, 5.74) is 2.49. The van der Waals surface area contributed by atoms with Crippen LogP contribution in [0.4, 0.5) is 10.5 Å². The summed E-state index contributed by atoms with van der Waals surface area (Å²) in [6.45, 7) is 5.31. The Morgan fingerprint density at radius 2 is 1.73 bits per heavy atom. The predicted octanol–water partition coefficient (Wildman–Crippen LogP) is 2.13. The van der Waals surface area contributed by atoms with Gasteiger partial charge in [-0.25, -0.2) is 4.79 Å². The van der Waals surface area contributed by atoms with Crippen molar-refractivity contribution in [1.82, 2.24) is 15.5 Å². The summed E-state index contributed by atoms with van der Waals surface area (Å²) in [5.74, 6) is 0.230. The van der Waals surface area contributed by atoms with Crippen molar-refractivity contribution < 1.29 is 9.59 Å². The van der Waals surface area contributed by atoms with Gasteiger partial charge in [0, 0.05) is 50.9 Å². The number of hydrogen-bond acceptors (Lipinski definition) is 3. The molecule has 1 saturated carbocycles. The van der Waals surface area contributed by atoms with Crippen molar-refractivity contribution in [1.29, 1.82) is 0 Å². The fourth-order valence-electron chi connectivity index (χ4n) is 3.96. The Kier molecular flexibility index (Phi) is 6.01. The first kappa shape index (κ1) is 18.5. The van der Waals surface area contributed by atoms with Crippen molar-refractivity contribution in [2.24, 2.45) is 5.92 Å². The maximum atomic E-state index is 12.6. The summed E-state index contributed by atoms with van der Waals surface area (Å²) in [7, 11) is 1.69. The highest BCUT2D eigenvalue weighted by Gasteiger charge is 2.28. The minimum Gasteiger partial charge on any atom is -0.368 e. The third-order valence-corrected chi connectivity index (χ3v) is 5.61. The summed E-state index contributed by atoms with van der Waals surface area (Å²) in [5, 5.41) is 5.89. The molecule has 3 rings (SSSR count). The molecule has 2 N–H and O–H groups in total. The number of amides is 3. The van der Waals surface area contributed by atoms with E-state index in [1.807, 2.05) is 4.90 Å². The molecule has 0 radical (unpaired) electrons. The Balaban J connectivity index is 1.44. The molecule has 1 aromatic carbocycles. The lowest BCUT2D eigenvalue weighted by molar-refractivity contribution is -0.125. The zero-order chi connectivity index (χ0) is 18.5. The van der Waals surface area contributed by atoms with Gasteiger partial charge in [-0.15, -0.1) is 0 Å². The highest BCUT2D eigenvalue weighted by molar-refractivity contribution is 5.78. The standard InChI is InChI=1S/C20H30N4O2/c1-15-4-3-5-18(14-15)23-10-12-24(13-11-23)20(26)22-17-8-6-16(7-9-17)19(25)21-2/h3-5,14,16-17H,6-13H2,1-2H3,(H,21,25)(H,22,26). The van der Waals surface area contributed by atoms with Crippen LogP contribution in [0.1, 0.15) is 31.2 Å². The second-order valence-corrected chi connectivity index (χ2v) is 7.43. The van der Waals surface area contributed by atoms with Crippen LogP contribution in [0.2, 0.25) is 0 Å². The Morgan fingerprint density at radius 1 is 1.04 bits per heavy atom. The number of piperazine rings is 1. The molecule has 0 unspecified atom stereocenters. The number of carbonyl (C=O) groups is 2. The van der Waals surface area contributed by atoms with Crippen LogP contribution >= 0.6 is 0 Å². The third kappa shape index (κ3) is 4.48. The van der Waals surface area contributed by atoms with Crippen LogP contribution in [0, 0.1) is 12.8 Å². The zero-order valence-electron chi connectivity index (χ0n) is 15.8. The van der Waals surface area contributed by atoms with E-state index in [0.29, 0.717) is 0 Å². The van der Waals surface area contributed by atoms with Gasteiger partial charge in [0.05, 0.1) is 0 Å². The van der Waals surface area contributed by atoms with E-state index >= 15 is 0 Å². The quantitative estimate of drug-likeness (QED) is 0.870. The van der Waals surface area contributed by atoms with Crippen molar-refractivity contribution in [3.8, 4) is 0 Å². The van der Waals surface area contributed by atoms with Crippen LogP contribution in [0.15, 0.2) is 24.3 Å². The fraction of sp³-hybridized carbons (Fsp3) is 0.600. The molecular formula is C20H30N4O2. The molecule has 1 aliphatic carbocycles. The van der Waals surface area contributed by atoms with Gasteiger partial charge in [0.15, 0.2) is 0 Å². The summed E-state index contributed by atoms with van der Waals surface area (Å²) >= 11 is 0. The molecule has 0 spiro atoms.